The summed E-state index contributed by atoms with van der Waals surface area (Å²) in [5.41, 5.74) is 8.16. The van der Waals surface area contributed by atoms with E-state index in [0.717, 1.165) is 19.3 Å². The van der Waals surface area contributed by atoms with Crippen molar-refractivity contribution in [2.45, 2.75) is 37.5 Å². The average molecular weight is 139 g/mol. The van der Waals surface area contributed by atoms with Crippen LogP contribution in [0.4, 0.5) is 0 Å². The molecule has 3 atom stereocenters. The summed E-state index contributed by atoms with van der Waals surface area (Å²) in [5.74, 6) is 0. The molecule has 54 valence electrons. The van der Waals surface area contributed by atoms with Crippen LogP contribution in [-0.2, 0) is 4.74 Å². The first kappa shape index (κ1) is 6.01. The van der Waals surface area contributed by atoms with Crippen molar-refractivity contribution < 1.29 is 4.74 Å². The Bertz CT molecular complexity index is 187. The highest BCUT2D eigenvalue weighted by Crippen LogP contribution is 2.38. The first-order valence-electron chi connectivity index (χ1n) is 3.61. The number of hydrogen-bond acceptors (Lipinski definition) is 2. The highest BCUT2D eigenvalue weighted by Gasteiger charge is 2.46. The zero-order chi connectivity index (χ0) is 6.97. The fourth-order valence-electron chi connectivity index (χ4n) is 1.61. The van der Waals surface area contributed by atoms with E-state index in [2.05, 4.69) is 10.0 Å². The molecule has 0 aromatic carbocycles. The van der Waals surface area contributed by atoms with Crippen LogP contribution in [0.2, 0.25) is 0 Å². The summed E-state index contributed by atoms with van der Waals surface area (Å²) in [4.78, 5) is 2.78. The summed E-state index contributed by atoms with van der Waals surface area (Å²) in [7, 11) is 0. The highest BCUT2D eigenvalue weighted by atomic mass is 16.6. The van der Waals surface area contributed by atoms with Crippen LogP contribution in [-0.4, -0.2) is 18.2 Å². The van der Waals surface area contributed by atoms with Gasteiger partial charge in [-0.1, -0.05) is 11.5 Å². The van der Waals surface area contributed by atoms with E-state index in [1.54, 1.807) is 0 Å². The predicted octanol–water partition coefficient (Wildman–Crippen LogP) is 1.62. The van der Waals surface area contributed by atoms with Gasteiger partial charge in [-0.3, -0.25) is 0 Å². The lowest BCUT2D eigenvalue weighted by Gasteiger charge is -2.10. The third kappa shape index (κ3) is 0.856. The van der Waals surface area contributed by atoms with Crippen molar-refractivity contribution in [1.29, 1.82) is 0 Å². The number of epoxide rings is 1. The van der Waals surface area contributed by atoms with E-state index >= 15 is 0 Å². The monoisotopic (exact) mass is 139 g/mol. The first-order valence-corrected chi connectivity index (χ1v) is 3.61. The van der Waals surface area contributed by atoms with Crippen molar-refractivity contribution in [2.24, 2.45) is 5.11 Å². The molecule has 4 nitrogen and oxygen atoms in total. The van der Waals surface area contributed by atoms with Crippen molar-refractivity contribution in [1.82, 2.24) is 0 Å². The molecule has 0 amide bonds. The standard InChI is InChI=1S/C6H9N3O/c7-9-8-4-2-1-3-5-6(4)10-5/h4-6H,1-3H2/t4-,5-,6+/m1/s1. The molecule has 1 aliphatic carbocycles. The Labute approximate surface area is 58.8 Å². The molecular formula is C6H9N3O. The van der Waals surface area contributed by atoms with Gasteiger partial charge >= 0.3 is 0 Å². The molecule has 2 fully saturated rings. The third-order valence-electron chi connectivity index (χ3n) is 2.19. The number of azide groups is 1. The zero-order valence-corrected chi connectivity index (χ0v) is 5.60. The van der Waals surface area contributed by atoms with E-state index in [1.165, 1.54) is 0 Å². The molecule has 0 aromatic rings. The Hall–Kier alpha value is -0.730. The topological polar surface area (TPSA) is 61.3 Å². The largest absolute Gasteiger partial charge is 0.369 e. The second-order valence-electron chi connectivity index (χ2n) is 2.84. The lowest BCUT2D eigenvalue weighted by atomic mass is 9.96. The predicted molar refractivity (Wildman–Crippen MR) is 35.4 cm³/mol. The maximum atomic E-state index is 8.16. The molecule has 2 aliphatic rings. The Morgan fingerprint density at radius 1 is 1.50 bits per heavy atom. The molecule has 1 saturated carbocycles. The highest BCUT2D eigenvalue weighted by molar-refractivity contribution is 4.98. The Balaban J connectivity index is 2.01. The van der Waals surface area contributed by atoms with Crippen LogP contribution in [0.3, 0.4) is 0 Å². The van der Waals surface area contributed by atoms with Gasteiger partial charge in [0.15, 0.2) is 0 Å². The van der Waals surface area contributed by atoms with E-state index < -0.39 is 0 Å². The summed E-state index contributed by atoms with van der Waals surface area (Å²) >= 11 is 0. The van der Waals surface area contributed by atoms with Crippen molar-refractivity contribution in [3.63, 3.8) is 0 Å². The number of ether oxygens (including phenoxy) is 1. The number of hydrogen-bond donors (Lipinski definition) is 0. The van der Waals surface area contributed by atoms with Crippen molar-refractivity contribution in [3.05, 3.63) is 10.4 Å². The molecule has 10 heavy (non-hydrogen) atoms. The minimum atomic E-state index is 0.128. The fraction of sp³-hybridized carbons (Fsp3) is 1.00. The minimum absolute atomic E-state index is 0.128. The summed E-state index contributed by atoms with van der Waals surface area (Å²) < 4.78 is 5.28. The molecule has 1 saturated heterocycles. The van der Waals surface area contributed by atoms with Crippen LogP contribution in [0, 0.1) is 0 Å². The van der Waals surface area contributed by atoms with Gasteiger partial charge in [-0.05, 0) is 18.4 Å². The van der Waals surface area contributed by atoms with E-state index in [0.29, 0.717) is 6.10 Å². The Morgan fingerprint density at radius 3 is 3.20 bits per heavy atom. The van der Waals surface area contributed by atoms with E-state index in [-0.39, 0.29) is 12.1 Å². The Kier molecular flexibility index (Phi) is 1.29. The second-order valence-corrected chi connectivity index (χ2v) is 2.84. The van der Waals surface area contributed by atoms with Crippen LogP contribution in [0.25, 0.3) is 10.4 Å². The molecule has 0 bridgehead atoms. The average Bonchev–Trinajstić information content (AvgIpc) is 2.67. The molecule has 1 aliphatic heterocycles. The van der Waals surface area contributed by atoms with Gasteiger partial charge < -0.3 is 4.74 Å². The van der Waals surface area contributed by atoms with Gasteiger partial charge in [-0.25, -0.2) is 0 Å². The smallest absolute Gasteiger partial charge is 0.0926 e. The summed E-state index contributed by atoms with van der Waals surface area (Å²) in [6.45, 7) is 0. The van der Waals surface area contributed by atoms with E-state index in [4.69, 9.17) is 10.3 Å². The Morgan fingerprint density at radius 2 is 2.40 bits per heavy atom. The molecule has 2 rings (SSSR count). The van der Waals surface area contributed by atoms with Gasteiger partial charge in [0, 0.05) is 4.91 Å². The number of nitrogens with zero attached hydrogens (tertiary/aromatic N) is 3. The minimum Gasteiger partial charge on any atom is -0.369 e. The zero-order valence-electron chi connectivity index (χ0n) is 5.60. The van der Waals surface area contributed by atoms with Gasteiger partial charge in [0.2, 0.25) is 0 Å². The SMILES string of the molecule is [N-]=[N+]=N[C@@H]1CCC[C@H]2O[C@@H]12. The molecule has 0 aromatic heterocycles. The molecule has 0 unspecified atom stereocenters. The van der Waals surface area contributed by atoms with Gasteiger partial charge in [-0.2, -0.15) is 0 Å². The van der Waals surface area contributed by atoms with E-state index in [9.17, 15) is 0 Å². The van der Waals surface area contributed by atoms with Gasteiger partial charge in [0.1, 0.15) is 0 Å². The van der Waals surface area contributed by atoms with Crippen LogP contribution < -0.4 is 0 Å². The lowest BCUT2D eigenvalue weighted by Crippen LogP contribution is -2.18. The summed E-state index contributed by atoms with van der Waals surface area (Å²) in [6, 6.07) is 0.128. The maximum absolute atomic E-state index is 8.16. The molecule has 0 N–H and O–H groups in total. The quantitative estimate of drug-likeness (QED) is 0.235. The van der Waals surface area contributed by atoms with Crippen molar-refractivity contribution in [2.75, 3.05) is 0 Å². The van der Waals surface area contributed by atoms with E-state index in [1.807, 2.05) is 0 Å². The summed E-state index contributed by atoms with van der Waals surface area (Å²) in [6.07, 6.45) is 3.99. The fourth-order valence-corrected chi connectivity index (χ4v) is 1.61. The van der Waals surface area contributed by atoms with Crippen molar-refractivity contribution >= 4 is 0 Å². The summed E-state index contributed by atoms with van der Waals surface area (Å²) in [5, 5.41) is 3.66. The van der Waals surface area contributed by atoms with Crippen LogP contribution in [0.1, 0.15) is 19.3 Å². The molecule has 0 spiro atoms. The third-order valence-corrected chi connectivity index (χ3v) is 2.19. The van der Waals surface area contributed by atoms with Gasteiger partial charge in [0.25, 0.3) is 0 Å². The molecule has 4 heteroatoms. The van der Waals surface area contributed by atoms with Crippen LogP contribution in [0.15, 0.2) is 5.11 Å². The van der Waals surface area contributed by atoms with Crippen molar-refractivity contribution in [3.8, 4) is 0 Å². The van der Waals surface area contributed by atoms with Gasteiger partial charge in [0.05, 0.1) is 18.2 Å². The van der Waals surface area contributed by atoms with Gasteiger partial charge in [-0.15, -0.1) is 0 Å². The molecular weight excluding hydrogens is 130 g/mol. The first-order chi connectivity index (χ1) is 4.92. The molecule has 1 heterocycles. The normalized spacial score (nSPS) is 43.4. The molecule has 0 radical (unpaired) electrons. The lowest BCUT2D eigenvalue weighted by molar-refractivity contribution is 0.359. The second kappa shape index (κ2) is 2.15. The number of fused-ring (bicyclic) bond motifs is 1. The number of rotatable bonds is 1. The van der Waals surface area contributed by atoms with Crippen LogP contribution >= 0.6 is 0 Å². The van der Waals surface area contributed by atoms with Crippen LogP contribution in [0.5, 0.6) is 0 Å². The maximum Gasteiger partial charge on any atom is 0.0926 e.